The molecule has 2 rings (SSSR count). The second-order valence-corrected chi connectivity index (χ2v) is 5.44. The summed E-state index contributed by atoms with van der Waals surface area (Å²) in [6.45, 7) is 4.34. The number of esters is 1. The Balaban J connectivity index is 1.85. The molecule has 1 aliphatic rings. The van der Waals surface area contributed by atoms with E-state index in [1.54, 1.807) is 0 Å². The lowest BCUT2D eigenvalue weighted by atomic mass is 10.0. The maximum atomic E-state index is 11.1. The average Bonchev–Trinajstić information content (AvgIpc) is 2.81. The maximum absolute atomic E-state index is 11.1. The van der Waals surface area contributed by atoms with E-state index in [-0.39, 0.29) is 5.97 Å². The first-order chi connectivity index (χ1) is 8.22. The summed E-state index contributed by atoms with van der Waals surface area (Å²) in [4.78, 5) is 15.0. The molecule has 0 radical (unpaired) electrons. The number of ether oxygens (including phenoxy) is 1. The van der Waals surface area contributed by atoms with E-state index in [0.717, 1.165) is 25.9 Å². The molecule has 94 valence electrons. The number of hydrogen-bond acceptors (Lipinski definition) is 4. The topological polar surface area (TPSA) is 29.5 Å². The van der Waals surface area contributed by atoms with Crippen LogP contribution in [0.15, 0.2) is 11.4 Å². The number of hydrogen-bond donors (Lipinski definition) is 0. The Morgan fingerprint density at radius 3 is 3.24 bits per heavy atom. The highest BCUT2D eigenvalue weighted by Crippen LogP contribution is 2.32. The van der Waals surface area contributed by atoms with Gasteiger partial charge < -0.3 is 4.74 Å². The van der Waals surface area contributed by atoms with Gasteiger partial charge in [0, 0.05) is 23.9 Å². The molecule has 2 heterocycles. The minimum atomic E-state index is -0.106. The molecule has 0 bridgehead atoms. The molecule has 1 aromatic rings. The smallest absolute Gasteiger partial charge is 0.305 e. The highest BCUT2D eigenvalue weighted by atomic mass is 32.1. The van der Waals surface area contributed by atoms with Crippen molar-refractivity contribution in [1.82, 2.24) is 4.90 Å². The molecule has 0 aliphatic carbocycles. The number of carbonyl (C=O) groups is 1. The highest BCUT2D eigenvalue weighted by molar-refractivity contribution is 7.10. The van der Waals surface area contributed by atoms with Crippen molar-refractivity contribution in [2.45, 2.75) is 32.2 Å². The first-order valence-corrected chi connectivity index (χ1v) is 6.97. The van der Waals surface area contributed by atoms with Gasteiger partial charge in [-0.1, -0.05) is 0 Å². The summed E-state index contributed by atoms with van der Waals surface area (Å²) < 4.78 is 4.65. The second kappa shape index (κ2) is 5.65. The molecular weight excluding hydrogens is 234 g/mol. The van der Waals surface area contributed by atoms with Crippen molar-refractivity contribution in [2.24, 2.45) is 0 Å². The van der Waals surface area contributed by atoms with Crippen LogP contribution in [0.1, 0.15) is 36.2 Å². The van der Waals surface area contributed by atoms with Gasteiger partial charge in [-0.15, -0.1) is 11.3 Å². The van der Waals surface area contributed by atoms with E-state index in [0.29, 0.717) is 12.5 Å². The molecule has 0 saturated carbocycles. The summed E-state index contributed by atoms with van der Waals surface area (Å²) in [6.07, 6.45) is 2.56. The normalized spacial score (nSPS) is 20.0. The summed E-state index contributed by atoms with van der Waals surface area (Å²) in [5.41, 5.74) is 1.47. The highest BCUT2D eigenvalue weighted by Gasteiger charge is 2.24. The Morgan fingerprint density at radius 1 is 1.65 bits per heavy atom. The summed E-state index contributed by atoms with van der Waals surface area (Å²) >= 11 is 1.86. The molecule has 1 unspecified atom stereocenters. The van der Waals surface area contributed by atoms with Crippen LogP contribution >= 0.6 is 11.3 Å². The largest absolute Gasteiger partial charge is 0.469 e. The van der Waals surface area contributed by atoms with Crippen LogP contribution in [0.25, 0.3) is 0 Å². The van der Waals surface area contributed by atoms with Crippen LogP contribution in [0.3, 0.4) is 0 Å². The van der Waals surface area contributed by atoms with Crippen molar-refractivity contribution >= 4 is 17.3 Å². The van der Waals surface area contributed by atoms with E-state index in [9.17, 15) is 4.79 Å². The van der Waals surface area contributed by atoms with Crippen LogP contribution < -0.4 is 0 Å². The van der Waals surface area contributed by atoms with Crippen molar-refractivity contribution in [3.63, 3.8) is 0 Å². The number of carbonyl (C=O) groups excluding carboxylic acids is 1. The van der Waals surface area contributed by atoms with Gasteiger partial charge in [0.1, 0.15) is 0 Å². The van der Waals surface area contributed by atoms with E-state index in [1.807, 2.05) is 11.3 Å². The predicted molar refractivity (Wildman–Crippen MR) is 69.3 cm³/mol. The molecule has 1 aromatic heterocycles. The third kappa shape index (κ3) is 2.87. The van der Waals surface area contributed by atoms with Gasteiger partial charge in [-0.3, -0.25) is 9.69 Å². The van der Waals surface area contributed by atoms with Gasteiger partial charge in [0.25, 0.3) is 0 Å². The molecular formula is C13H19NO2S. The van der Waals surface area contributed by atoms with Crippen molar-refractivity contribution < 1.29 is 9.53 Å². The SMILES string of the molecule is COC(=O)CCCN1CCc2sccc2C1C. The van der Waals surface area contributed by atoms with E-state index < -0.39 is 0 Å². The lowest BCUT2D eigenvalue weighted by Gasteiger charge is -2.33. The molecule has 0 fully saturated rings. The standard InChI is InChI=1S/C13H19NO2S/c1-10-11-6-9-17-12(11)5-8-14(10)7-3-4-13(15)16-2/h6,9-10H,3-5,7-8H2,1-2H3. The molecule has 1 atom stereocenters. The third-order valence-corrected chi connectivity index (χ3v) is 4.45. The molecule has 0 amide bonds. The Hall–Kier alpha value is -0.870. The van der Waals surface area contributed by atoms with Gasteiger partial charge in [0.2, 0.25) is 0 Å². The van der Waals surface area contributed by atoms with Gasteiger partial charge in [0.05, 0.1) is 7.11 Å². The molecule has 0 saturated heterocycles. The van der Waals surface area contributed by atoms with Gasteiger partial charge in [-0.05, 0) is 43.3 Å². The summed E-state index contributed by atoms with van der Waals surface area (Å²) in [5.74, 6) is -0.106. The summed E-state index contributed by atoms with van der Waals surface area (Å²) in [6, 6.07) is 2.72. The van der Waals surface area contributed by atoms with Crippen LogP contribution in [0, 0.1) is 0 Å². The van der Waals surface area contributed by atoms with Crippen LogP contribution in [-0.4, -0.2) is 31.1 Å². The second-order valence-electron chi connectivity index (χ2n) is 4.44. The molecule has 17 heavy (non-hydrogen) atoms. The van der Waals surface area contributed by atoms with E-state index in [4.69, 9.17) is 0 Å². The molecule has 0 N–H and O–H groups in total. The zero-order chi connectivity index (χ0) is 12.3. The van der Waals surface area contributed by atoms with Crippen molar-refractivity contribution in [3.8, 4) is 0 Å². The van der Waals surface area contributed by atoms with E-state index in [2.05, 4.69) is 28.0 Å². The molecule has 1 aliphatic heterocycles. The minimum absolute atomic E-state index is 0.106. The Labute approximate surface area is 106 Å². The first kappa shape index (κ1) is 12.6. The molecule has 0 aromatic carbocycles. The van der Waals surface area contributed by atoms with Gasteiger partial charge >= 0.3 is 5.97 Å². The van der Waals surface area contributed by atoms with E-state index in [1.165, 1.54) is 17.6 Å². The molecule has 4 heteroatoms. The monoisotopic (exact) mass is 253 g/mol. The molecule has 3 nitrogen and oxygen atoms in total. The zero-order valence-electron chi connectivity index (χ0n) is 10.4. The fraction of sp³-hybridized carbons (Fsp3) is 0.615. The maximum Gasteiger partial charge on any atom is 0.305 e. The van der Waals surface area contributed by atoms with Gasteiger partial charge in [-0.25, -0.2) is 0 Å². The predicted octanol–water partition coefficient (Wildman–Crippen LogP) is 2.62. The lowest BCUT2D eigenvalue weighted by Crippen LogP contribution is -2.34. The third-order valence-electron chi connectivity index (χ3n) is 3.46. The lowest BCUT2D eigenvalue weighted by molar-refractivity contribution is -0.140. The molecule has 0 spiro atoms. The van der Waals surface area contributed by atoms with Crippen LogP contribution in [0.2, 0.25) is 0 Å². The Kier molecular flexibility index (Phi) is 4.18. The average molecular weight is 253 g/mol. The van der Waals surface area contributed by atoms with E-state index >= 15 is 0 Å². The van der Waals surface area contributed by atoms with Crippen molar-refractivity contribution in [3.05, 3.63) is 21.9 Å². The first-order valence-electron chi connectivity index (χ1n) is 6.09. The fourth-order valence-corrected chi connectivity index (χ4v) is 3.36. The number of fused-ring (bicyclic) bond motifs is 1. The number of rotatable bonds is 4. The van der Waals surface area contributed by atoms with Gasteiger partial charge in [0.15, 0.2) is 0 Å². The van der Waals surface area contributed by atoms with Gasteiger partial charge in [-0.2, -0.15) is 0 Å². The number of thiophene rings is 1. The van der Waals surface area contributed by atoms with Crippen molar-refractivity contribution in [1.29, 1.82) is 0 Å². The number of nitrogens with zero attached hydrogens (tertiary/aromatic N) is 1. The fourth-order valence-electron chi connectivity index (χ4n) is 2.40. The van der Waals surface area contributed by atoms with Crippen molar-refractivity contribution in [2.75, 3.05) is 20.2 Å². The Bertz CT molecular complexity index is 389. The quantitative estimate of drug-likeness (QED) is 0.773. The van der Waals surface area contributed by atoms with Crippen LogP contribution in [-0.2, 0) is 16.0 Å². The summed E-state index contributed by atoms with van der Waals surface area (Å²) in [5, 5.41) is 2.18. The van der Waals surface area contributed by atoms with Crippen LogP contribution in [0.5, 0.6) is 0 Å². The summed E-state index contributed by atoms with van der Waals surface area (Å²) in [7, 11) is 1.45. The van der Waals surface area contributed by atoms with Crippen LogP contribution in [0.4, 0.5) is 0 Å². The Morgan fingerprint density at radius 2 is 2.47 bits per heavy atom. The minimum Gasteiger partial charge on any atom is -0.469 e. The number of methoxy groups -OCH3 is 1. The zero-order valence-corrected chi connectivity index (χ0v) is 11.3.